The molecule has 0 aromatic carbocycles. The van der Waals surface area contributed by atoms with E-state index in [0.717, 1.165) is 0 Å². The lowest BCUT2D eigenvalue weighted by Crippen LogP contribution is -2.67. The quantitative estimate of drug-likeness (QED) is 0.250. The Morgan fingerprint density at radius 3 is 1.40 bits per heavy atom. The molecule has 0 fully saturated rings. The van der Waals surface area contributed by atoms with E-state index < -0.39 is 63.6 Å². The molecule has 20 heteroatoms. The molecule has 0 spiro atoms. The molecule has 0 aliphatic carbocycles. The molecule has 25 heavy (non-hydrogen) atoms. The van der Waals surface area contributed by atoms with Crippen LogP contribution in [0.1, 0.15) is 0 Å². The Balaban J connectivity index is 6.78. The largest absolute Gasteiger partial charge is 0.768 e. The SMILES string of the molecule is C[N+]([O-])(S(=O)(=O)C(F)(F)F)S(=O)(=O)C(F)(F)C(F)(F)C(F)(F)S(=O)[O-]. The van der Waals surface area contributed by atoms with Crippen molar-refractivity contribution in [3.63, 3.8) is 0 Å². The Kier molecular flexibility index (Phi) is 5.74. The summed E-state index contributed by atoms with van der Waals surface area (Å²) in [6.07, 6.45) is 0. The van der Waals surface area contributed by atoms with Crippen LogP contribution >= 0.6 is 0 Å². The van der Waals surface area contributed by atoms with Crippen LogP contribution < -0.4 is 0 Å². The fourth-order valence-corrected chi connectivity index (χ4v) is 4.18. The number of sulfonamides is 2. The van der Waals surface area contributed by atoms with Gasteiger partial charge < -0.3 is 9.76 Å². The monoisotopic (exact) mass is 456 g/mol. The van der Waals surface area contributed by atoms with Crippen molar-refractivity contribution >= 4 is 31.1 Å². The van der Waals surface area contributed by atoms with E-state index in [2.05, 4.69) is 0 Å². The van der Waals surface area contributed by atoms with E-state index in [1.54, 1.807) is 0 Å². The molecule has 0 saturated heterocycles. The molecule has 0 bridgehead atoms. The lowest BCUT2D eigenvalue weighted by molar-refractivity contribution is -0.594. The van der Waals surface area contributed by atoms with Crippen LogP contribution in [0.3, 0.4) is 0 Å². The van der Waals surface area contributed by atoms with Gasteiger partial charge in [0.1, 0.15) is 0 Å². The molecule has 0 aromatic rings. The van der Waals surface area contributed by atoms with E-state index >= 15 is 0 Å². The molecule has 0 saturated carbocycles. The van der Waals surface area contributed by atoms with Gasteiger partial charge in [0.05, 0.1) is 7.05 Å². The van der Waals surface area contributed by atoms with Gasteiger partial charge in [0.2, 0.25) is 0 Å². The topological polar surface area (TPSA) is 131 Å². The second-order valence-corrected chi connectivity index (χ2v) is 9.49. The van der Waals surface area contributed by atoms with Crippen LogP contribution in [0.15, 0.2) is 0 Å². The fourth-order valence-electron chi connectivity index (χ4n) is 0.962. The third kappa shape index (κ3) is 3.01. The summed E-state index contributed by atoms with van der Waals surface area (Å²) in [5, 5.41) is -3.26. The van der Waals surface area contributed by atoms with Crippen molar-refractivity contribution in [3.05, 3.63) is 5.21 Å². The van der Waals surface area contributed by atoms with Crippen molar-refractivity contribution in [2.24, 2.45) is 0 Å². The van der Waals surface area contributed by atoms with Crippen LogP contribution in [0.5, 0.6) is 0 Å². The lowest BCUT2D eigenvalue weighted by atomic mass is 10.3. The first kappa shape index (κ1) is 24.3. The highest BCUT2D eigenvalue weighted by Crippen LogP contribution is 2.52. The highest BCUT2D eigenvalue weighted by Gasteiger charge is 2.83. The van der Waals surface area contributed by atoms with Gasteiger partial charge in [0.25, 0.3) is 0 Å². The van der Waals surface area contributed by atoms with Crippen LogP contribution in [0.2, 0.25) is 0 Å². The van der Waals surface area contributed by atoms with Crippen LogP contribution in [0.4, 0.5) is 39.5 Å². The maximum atomic E-state index is 13.3. The van der Waals surface area contributed by atoms with E-state index in [-0.39, 0.29) is 0 Å². The summed E-state index contributed by atoms with van der Waals surface area (Å²) >= 11 is -5.45. The summed E-state index contributed by atoms with van der Waals surface area (Å²) in [7, 11) is -17.2. The third-order valence-corrected chi connectivity index (χ3v) is 7.52. The average molecular weight is 456 g/mol. The first-order valence-corrected chi connectivity index (χ1v) is 8.76. The van der Waals surface area contributed by atoms with Crippen molar-refractivity contribution in [1.82, 2.24) is 0 Å². The zero-order chi connectivity index (χ0) is 21.1. The summed E-state index contributed by atoms with van der Waals surface area (Å²) in [4.78, 5) is 0. The van der Waals surface area contributed by atoms with Crippen molar-refractivity contribution in [2.75, 3.05) is 7.05 Å². The molecule has 0 amide bonds. The van der Waals surface area contributed by atoms with Gasteiger partial charge in [0, 0.05) is 11.1 Å². The van der Waals surface area contributed by atoms with E-state index in [4.69, 9.17) is 0 Å². The second-order valence-electron chi connectivity index (χ2n) is 4.01. The van der Waals surface area contributed by atoms with Gasteiger partial charge in [-0.15, -0.1) is 3.46 Å². The predicted octanol–water partition coefficient (Wildman–Crippen LogP) is 0.810. The zero-order valence-electron chi connectivity index (χ0n) is 10.9. The molecule has 8 nitrogen and oxygen atoms in total. The van der Waals surface area contributed by atoms with E-state index in [1.807, 2.05) is 0 Å². The Labute approximate surface area is 134 Å². The van der Waals surface area contributed by atoms with Gasteiger partial charge in [-0.25, -0.2) is 0 Å². The normalized spacial score (nSPS) is 19.4. The number of hydroxylamine groups is 1. The lowest BCUT2D eigenvalue weighted by Gasteiger charge is -2.40. The molecule has 0 aliphatic heterocycles. The number of hydrogen-bond acceptors (Lipinski definition) is 7. The molecule has 2 unspecified atom stereocenters. The zero-order valence-corrected chi connectivity index (χ0v) is 13.4. The highest BCUT2D eigenvalue weighted by atomic mass is 32.3. The van der Waals surface area contributed by atoms with E-state index in [1.165, 1.54) is 0 Å². The Hall–Kier alpha value is -0.700. The number of hydrogen-bond donors (Lipinski definition) is 0. The Bertz CT molecular complexity index is 768. The van der Waals surface area contributed by atoms with Gasteiger partial charge in [-0.1, -0.05) is 0 Å². The van der Waals surface area contributed by atoms with Crippen LogP contribution in [-0.2, 0) is 31.1 Å². The number of alkyl halides is 9. The van der Waals surface area contributed by atoms with Crippen molar-refractivity contribution in [3.8, 4) is 0 Å². The molecule has 0 radical (unpaired) electrons. The number of quaternary nitrogens is 1. The first-order valence-electron chi connectivity index (χ1n) is 4.81. The van der Waals surface area contributed by atoms with E-state index in [0.29, 0.717) is 0 Å². The minimum Gasteiger partial charge on any atom is -0.768 e. The summed E-state index contributed by atoms with van der Waals surface area (Å²) in [5.74, 6) is -7.52. The predicted molar refractivity (Wildman–Crippen MR) is 57.2 cm³/mol. The van der Waals surface area contributed by atoms with Crippen molar-refractivity contribution < 1.29 is 68.6 Å². The molecule has 0 N–H and O–H groups in total. The average Bonchev–Trinajstić information content (AvgIpc) is 2.35. The third-order valence-electron chi connectivity index (χ3n) is 2.43. The highest BCUT2D eigenvalue weighted by molar-refractivity contribution is 7.99. The summed E-state index contributed by atoms with van der Waals surface area (Å²) < 4.78 is 173. The minimum atomic E-state index is -8.22. The molecule has 0 aromatic heterocycles. The molecule has 0 aliphatic rings. The summed E-state index contributed by atoms with van der Waals surface area (Å²) in [6, 6.07) is 0. The van der Waals surface area contributed by atoms with Crippen LogP contribution in [0.25, 0.3) is 0 Å². The summed E-state index contributed by atoms with van der Waals surface area (Å²) in [5.41, 5.74) is -6.88. The van der Waals surface area contributed by atoms with Crippen molar-refractivity contribution in [2.45, 2.75) is 21.9 Å². The number of rotatable bonds is 6. The van der Waals surface area contributed by atoms with Gasteiger partial charge in [-0.05, 0) is 0 Å². The van der Waals surface area contributed by atoms with Crippen molar-refractivity contribution in [1.29, 1.82) is 0 Å². The standard InChI is InChI=1S/C5H4F9NO7S3/c1-15(16,25(21,22)5(12,13)14)24(19,20)4(10,11)2(6,7)3(8,9)23(17)18/h1H3,(H,17,18)/p-1. The number of halogens is 9. The van der Waals surface area contributed by atoms with Crippen LogP contribution in [0, 0.1) is 5.21 Å². The Morgan fingerprint density at radius 2 is 1.16 bits per heavy atom. The van der Waals surface area contributed by atoms with Gasteiger partial charge >= 0.3 is 42.0 Å². The first-order chi connectivity index (χ1) is 10.4. The number of nitrogens with zero attached hydrogens (tertiary/aromatic N) is 1. The second kappa shape index (κ2) is 5.90. The molecule has 0 rings (SSSR count). The van der Waals surface area contributed by atoms with Gasteiger partial charge in [-0.3, -0.25) is 4.21 Å². The van der Waals surface area contributed by atoms with Gasteiger partial charge in [-0.2, -0.15) is 56.3 Å². The smallest absolute Gasteiger partial charge is 0.551 e. The summed E-state index contributed by atoms with van der Waals surface area (Å²) in [6.45, 7) is 0. The van der Waals surface area contributed by atoms with Gasteiger partial charge in [0.15, 0.2) is 0 Å². The molecular weight excluding hydrogens is 453 g/mol. The molecular formula is C5H3F9NO7S3-. The Morgan fingerprint density at radius 1 is 0.840 bits per heavy atom. The fraction of sp³-hybridized carbons (Fsp3) is 1.00. The maximum Gasteiger partial charge on any atom is 0.551 e. The molecule has 0 heterocycles. The maximum absolute atomic E-state index is 13.3. The van der Waals surface area contributed by atoms with Crippen LogP contribution in [-0.4, -0.2) is 58.0 Å². The molecule has 2 atom stereocenters. The minimum absolute atomic E-state index is 1.21. The van der Waals surface area contributed by atoms with E-state index in [9.17, 15) is 70.3 Å². The molecule has 152 valence electrons.